The average molecular weight is 854 g/mol. The number of anilines is 3. The van der Waals surface area contributed by atoms with Gasteiger partial charge in [-0.2, -0.15) is 0 Å². The number of hydrogen-bond acceptors (Lipinski definition) is 1. The third kappa shape index (κ3) is 5.94. The molecule has 0 amide bonds. The van der Waals surface area contributed by atoms with Crippen molar-refractivity contribution in [3.05, 3.63) is 282 Å². The molecule has 11 aromatic rings. The number of fused-ring (bicyclic) bond motifs is 2. The first-order chi connectivity index (χ1) is 33.0. The summed E-state index contributed by atoms with van der Waals surface area (Å²) >= 11 is 0. The van der Waals surface area contributed by atoms with E-state index in [1.54, 1.807) is 0 Å². The lowest BCUT2D eigenvalue weighted by atomic mass is 9.65. The maximum absolute atomic E-state index is 2.45. The number of rotatable bonds is 8. The SMILES string of the molecule is CC1(C)c2cccc3c2-c2c1cccc2C3(c1ccccc1)c1cccc(-c2ccc(N(c3ccc(-c4cccc5ccccc45)cc3)c3ccc(-c4cccc5ccccc45)cc3)cc2)c1. The highest BCUT2D eigenvalue weighted by molar-refractivity contribution is 5.99. The molecule has 0 aromatic heterocycles. The summed E-state index contributed by atoms with van der Waals surface area (Å²) in [7, 11) is 0. The zero-order chi connectivity index (χ0) is 44.7. The summed E-state index contributed by atoms with van der Waals surface area (Å²) in [5, 5.41) is 5.02. The minimum Gasteiger partial charge on any atom is -0.311 e. The van der Waals surface area contributed by atoms with E-state index in [-0.39, 0.29) is 5.41 Å². The van der Waals surface area contributed by atoms with Gasteiger partial charge in [-0.15, -0.1) is 0 Å². The molecule has 0 fully saturated rings. The highest BCUT2D eigenvalue weighted by Crippen LogP contribution is 2.64. The minimum atomic E-state index is -0.447. The van der Waals surface area contributed by atoms with E-state index in [1.807, 2.05) is 0 Å². The summed E-state index contributed by atoms with van der Waals surface area (Å²) < 4.78 is 0. The summed E-state index contributed by atoms with van der Waals surface area (Å²) in [6.07, 6.45) is 0. The lowest BCUT2D eigenvalue weighted by molar-refractivity contribution is 0.652. The predicted octanol–water partition coefficient (Wildman–Crippen LogP) is 17.5. The summed E-state index contributed by atoms with van der Waals surface area (Å²) in [5.74, 6) is 0. The summed E-state index contributed by atoms with van der Waals surface area (Å²) in [6.45, 7) is 4.77. The van der Waals surface area contributed by atoms with Crippen molar-refractivity contribution in [2.75, 3.05) is 4.90 Å². The van der Waals surface area contributed by atoms with Crippen molar-refractivity contribution in [1.82, 2.24) is 0 Å². The fourth-order valence-electron chi connectivity index (χ4n) is 11.8. The molecule has 0 saturated carbocycles. The summed E-state index contributed by atoms with van der Waals surface area (Å²) in [4.78, 5) is 2.38. The topological polar surface area (TPSA) is 3.24 Å². The molecule has 0 radical (unpaired) electrons. The Labute approximate surface area is 392 Å². The van der Waals surface area contributed by atoms with Gasteiger partial charge in [0, 0.05) is 22.5 Å². The fourth-order valence-corrected chi connectivity index (χ4v) is 11.8. The van der Waals surface area contributed by atoms with E-state index < -0.39 is 5.41 Å². The van der Waals surface area contributed by atoms with Gasteiger partial charge in [0.15, 0.2) is 0 Å². The quantitative estimate of drug-likeness (QED) is 0.147. The van der Waals surface area contributed by atoms with Crippen molar-refractivity contribution >= 4 is 38.6 Å². The molecule has 0 N–H and O–H groups in total. The Morgan fingerprint density at radius 3 is 1.22 bits per heavy atom. The Morgan fingerprint density at radius 1 is 0.299 bits per heavy atom. The van der Waals surface area contributed by atoms with E-state index in [9.17, 15) is 0 Å². The van der Waals surface area contributed by atoms with Crippen molar-refractivity contribution in [3.8, 4) is 44.5 Å². The molecule has 1 nitrogen and oxygen atoms in total. The third-order valence-corrected chi connectivity index (χ3v) is 14.9. The number of hydrogen-bond donors (Lipinski definition) is 0. The van der Waals surface area contributed by atoms with Crippen molar-refractivity contribution in [3.63, 3.8) is 0 Å². The highest BCUT2D eigenvalue weighted by atomic mass is 15.1. The van der Waals surface area contributed by atoms with Gasteiger partial charge in [0.25, 0.3) is 0 Å². The van der Waals surface area contributed by atoms with Gasteiger partial charge >= 0.3 is 0 Å². The van der Waals surface area contributed by atoms with E-state index >= 15 is 0 Å². The second kappa shape index (κ2) is 15.2. The molecule has 0 heterocycles. The summed E-state index contributed by atoms with van der Waals surface area (Å²) in [6, 6.07) is 92.2. The first-order valence-electron chi connectivity index (χ1n) is 23.5. The largest absolute Gasteiger partial charge is 0.311 e. The molecular weight excluding hydrogens is 807 g/mol. The number of benzene rings is 11. The van der Waals surface area contributed by atoms with Gasteiger partial charge in [-0.25, -0.2) is 0 Å². The fraction of sp³-hybridized carbons (Fsp3) is 0.0606. The molecule has 0 spiro atoms. The van der Waals surface area contributed by atoms with E-state index in [0.717, 1.165) is 17.1 Å². The van der Waals surface area contributed by atoms with E-state index in [0.29, 0.717) is 0 Å². The van der Waals surface area contributed by atoms with Crippen molar-refractivity contribution in [2.24, 2.45) is 0 Å². The van der Waals surface area contributed by atoms with Crippen LogP contribution < -0.4 is 4.90 Å². The van der Waals surface area contributed by atoms with Crippen LogP contribution in [0.4, 0.5) is 17.1 Å². The molecular formula is C66H47N. The van der Waals surface area contributed by atoms with Gasteiger partial charge in [0.1, 0.15) is 0 Å². The van der Waals surface area contributed by atoms with E-state index in [2.05, 4.69) is 267 Å². The van der Waals surface area contributed by atoms with Gasteiger partial charge in [-0.05, 0) is 142 Å². The van der Waals surface area contributed by atoms with Crippen LogP contribution in [0.3, 0.4) is 0 Å². The Kier molecular flexibility index (Phi) is 8.85. The van der Waals surface area contributed by atoms with Crippen LogP contribution in [-0.4, -0.2) is 0 Å². The monoisotopic (exact) mass is 853 g/mol. The van der Waals surface area contributed by atoms with Crippen LogP contribution in [0, 0.1) is 0 Å². The van der Waals surface area contributed by atoms with E-state index in [4.69, 9.17) is 0 Å². The average Bonchev–Trinajstić information content (AvgIpc) is 3.83. The molecule has 13 rings (SSSR count). The van der Waals surface area contributed by atoms with Crippen molar-refractivity contribution in [2.45, 2.75) is 24.7 Å². The molecule has 67 heavy (non-hydrogen) atoms. The molecule has 316 valence electrons. The van der Waals surface area contributed by atoms with Gasteiger partial charge in [0.05, 0.1) is 5.41 Å². The van der Waals surface area contributed by atoms with Crippen LogP contribution in [0.2, 0.25) is 0 Å². The van der Waals surface area contributed by atoms with E-state index in [1.165, 1.54) is 99.4 Å². The standard InChI is InChI=1S/C66H47N/c1-65(2)59-27-13-29-61-63(59)64-60(65)28-14-30-62(64)66(61,50-20-4-3-5-21-50)51-22-10-19-49(43-51)44-31-37-52(38-32-44)67(53-39-33-47(34-40-53)57-25-11-17-45-15-6-8-23-55(45)57)54-41-35-48(36-42-54)58-26-12-18-46-16-7-9-24-56(46)58/h3-43H,1-2H3. The molecule has 2 aliphatic rings. The van der Waals surface area contributed by atoms with Crippen LogP contribution in [0.15, 0.2) is 249 Å². The normalized spacial score (nSPS) is 13.8. The molecule has 1 heteroatoms. The molecule has 0 aliphatic heterocycles. The molecule has 0 unspecified atom stereocenters. The van der Waals surface area contributed by atoms with Crippen molar-refractivity contribution < 1.29 is 0 Å². The molecule has 2 aliphatic carbocycles. The lowest BCUT2D eigenvalue weighted by Crippen LogP contribution is -2.30. The van der Waals surface area contributed by atoms with Gasteiger partial charge in [-0.1, -0.05) is 220 Å². The van der Waals surface area contributed by atoms with Crippen molar-refractivity contribution in [1.29, 1.82) is 0 Å². The first kappa shape index (κ1) is 39.1. The van der Waals surface area contributed by atoms with Crippen LogP contribution in [-0.2, 0) is 10.8 Å². The van der Waals surface area contributed by atoms with Gasteiger partial charge in [0.2, 0.25) is 0 Å². The summed E-state index contributed by atoms with van der Waals surface area (Å²) in [5.41, 5.74) is 21.1. The Morgan fingerprint density at radius 2 is 0.701 bits per heavy atom. The zero-order valence-corrected chi connectivity index (χ0v) is 37.6. The molecule has 0 bridgehead atoms. The van der Waals surface area contributed by atoms with Crippen LogP contribution in [0.25, 0.3) is 66.1 Å². The van der Waals surface area contributed by atoms with Gasteiger partial charge in [-0.3, -0.25) is 0 Å². The number of nitrogens with zero attached hydrogens (tertiary/aromatic N) is 1. The Balaban J connectivity index is 0.912. The first-order valence-corrected chi connectivity index (χ1v) is 23.5. The predicted molar refractivity (Wildman–Crippen MR) is 282 cm³/mol. The maximum Gasteiger partial charge on any atom is 0.0713 e. The minimum absolute atomic E-state index is 0.0470. The maximum atomic E-state index is 2.45. The Bertz CT molecular complexity index is 3500. The molecule has 0 atom stereocenters. The van der Waals surface area contributed by atoms with Crippen LogP contribution in [0.1, 0.15) is 47.2 Å². The second-order valence-corrected chi connectivity index (χ2v) is 18.8. The Hall–Kier alpha value is -8.26. The molecule has 11 aromatic carbocycles. The van der Waals surface area contributed by atoms with Gasteiger partial charge < -0.3 is 4.90 Å². The van der Waals surface area contributed by atoms with Crippen LogP contribution in [0.5, 0.6) is 0 Å². The smallest absolute Gasteiger partial charge is 0.0713 e. The zero-order valence-electron chi connectivity index (χ0n) is 37.6. The second-order valence-electron chi connectivity index (χ2n) is 18.8. The highest BCUT2D eigenvalue weighted by Gasteiger charge is 2.52. The lowest BCUT2D eigenvalue weighted by Gasteiger charge is -2.36. The third-order valence-electron chi connectivity index (χ3n) is 14.9. The molecule has 0 saturated heterocycles. The van der Waals surface area contributed by atoms with Crippen LogP contribution >= 0.6 is 0 Å².